The van der Waals surface area contributed by atoms with Crippen LogP contribution in [-0.4, -0.2) is 25.2 Å². The molecule has 1 fully saturated rings. The summed E-state index contributed by atoms with van der Waals surface area (Å²) >= 11 is 1.76. The van der Waals surface area contributed by atoms with Crippen LogP contribution in [0.15, 0.2) is 46.8 Å². The molecule has 1 saturated heterocycles. The van der Waals surface area contributed by atoms with Gasteiger partial charge in [-0.3, -0.25) is 15.4 Å². The number of anilines is 1. The van der Waals surface area contributed by atoms with Gasteiger partial charge in [0.15, 0.2) is 0 Å². The molecular formula is C13H18ClN3S. The van der Waals surface area contributed by atoms with Gasteiger partial charge in [0.1, 0.15) is 5.84 Å². The zero-order valence-electron chi connectivity index (χ0n) is 10.4. The van der Waals surface area contributed by atoms with E-state index in [-0.39, 0.29) is 12.4 Å². The highest BCUT2D eigenvalue weighted by Crippen LogP contribution is 2.22. The van der Waals surface area contributed by atoms with Gasteiger partial charge in [-0.25, -0.2) is 0 Å². The van der Waals surface area contributed by atoms with Crippen LogP contribution in [0.25, 0.3) is 0 Å². The summed E-state index contributed by atoms with van der Waals surface area (Å²) in [6.07, 6.45) is 4.87. The number of aliphatic imine (C=N–C) groups is 1. The average molecular weight is 284 g/mol. The van der Waals surface area contributed by atoms with E-state index in [9.17, 15) is 0 Å². The number of hydrogen-bond acceptors (Lipinski definition) is 3. The molecule has 1 N–H and O–H groups in total. The van der Waals surface area contributed by atoms with E-state index < -0.39 is 0 Å². The number of benzene rings is 1. The van der Waals surface area contributed by atoms with Crippen molar-refractivity contribution in [2.24, 2.45) is 4.99 Å². The van der Waals surface area contributed by atoms with Crippen molar-refractivity contribution < 1.29 is 0 Å². The summed E-state index contributed by atoms with van der Waals surface area (Å²) in [6, 6.07) is 8.51. The van der Waals surface area contributed by atoms with E-state index in [2.05, 4.69) is 52.5 Å². The highest BCUT2D eigenvalue weighted by molar-refractivity contribution is 7.98. The van der Waals surface area contributed by atoms with Gasteiger partial charge < -0.3 is 0 Å². The third-order valence-electron chi connectivity index (χ3n) is 2.61. The van der Waals surface area contributed by atoms with Crippen molar-refractivity contribution in [1.29, 1.82) is 0 Å². The fourth-order valence-corrected chi connectivity index (χ4v) is 2.20. The molecule has 0 radical (unpaired) electrons. The minimum Gasteiger partial charge on any atom is -0.286 e. The van der Waals surface area contributed by atoms with Crippen LogP contribution in [0.4, 0.5) is 5.69 Å². The van der Waals surface area contributed by atoms with Crippen molar-refractivity contribution in [3.05, 3.63) is 36.9 Å². The number of thioether (sulfide) groups is 1. The van der Waals surface area contributed by atoms with Gasteiger partial charge in [-0.05, 0) is 24.5 Å². The molecule has 1 aromatic rings. The van der Waals surface area contributed by atoms with Gasteiger partial charge in [0.05, 0.1) is 12.2 Å². The summed E-state index contributed by atoms with van der Waals surface area (Å²) in [5.74, 6) is 1.04. The van der Waals surface area contributed by atoms with E-state index in [0.717, 1.165) is 18.8 Å². The van der Waals surface area contributed by atoms with Crippen molar-refractivity contribution in [2.75, 3.05) is 24.4 Å². The predicted octanol–water partition coefficient (Wildman–Crippen LogP) is 3.13. The molecule has 0 amide bonds. The molecule has 0 aliphatic carbocycles. The lowest BCUT2D eigenvalue weighted by atomic mass is 10.3. The summed E-state index contributed by atoms with van der Waals surface area (Å²) in [5, 5.41) is 2.14. The van der Waals surface area contributed by atoms with Crippen molar-refractivity contribution in [2.45, 2.75) is 11.3 Å². The first-order chi connectivity index (χ1) is 8.33. The second kappa shape index (κ2) is 7.34. The van der Waals surface area contributed by atoms with Gasteiger partial charge in [-0.2, -0.15) is 0 Å². The molecule has 98 valence electrons. The zero-order chi connectivity index (χ0) is 12.1. The van der Waals surface area contributed by atoms with Crippen LogP contribution in [0.3, 0.4) is 0 Å². The van der Waals surface area contributed by atoms with Crippen LogP contribution >= 0.6 is 24.2 Å². The second-order valence-corrected chi connectivity index (χ2v) is 4.67. The van der Waals surface area contributed by atoms with Crippen molar-refractivity contribution in [1.82, 2.24) is 5.43 Å². The number of amidine groups is 1. The molecular weight excluding hydrogens is 266 g/mol. The molecule has 3 nitrogen and oxygen atoms in total. The zero-order valence-corrected chi connectivity index (χ0v) is 12.1. The Balaban J connectivity index is 0.00000162. The Labute approximate surface area is 119 Å². The number of nitrogens with zero attached hydrogens (tertiary/aromatic N) is 2. The molecule has 2 rings (SSSR count). The molecule has 0 aromatic heterocycles. The van der Waals surface area contributed by atoms with E-state index in [4.69, 9.17) is 0 Å². The lowest BCUT2D eigenvalue weighted by Gasteiger charge is -2.18. The van der Waals surface area contributed by atoms with Crippen LogP contribution in [0.5, 0.6) is 0 Å². The Morgan fingerprint density at radius 1 is 1.56 bits per heavy atom. The fraction of sp³-hybridized carbons (Fsp3) is 0.308. The smallest absolute Gasteiger partial charge is 0.117 e. The van der Waals surface area contributed by atoms with Crippen LogP contribution in [0.2, 0.25) is 0 Å². The molecule has 0 saturated carbocycles. The highest BCUT2D eigenvalue weighted by atomic mass is 35.5. The van der Waals surface area contributed by atoms with Gasteiger partial charge in [-0.1, -0.05) is 12.1 Å². The summed E-state index contributed by atoms with van der Waals surface area (Å²) < 4.78 is 0. The lowest BCUT2D eigenvalue weighted by Crippen LogP contribution is -2.33. The van der Waals surface area contributed by atoms with E-state index >= 15 is 0 Å². The number of hydrogen-bond donors (Lipinski definition) is 1. The minimum absolute atomic E-state index is 0. The first kappa shape index (κ1) is 14.9. The molecule has 18 heavy (non-hydrogen) atoms. The first-order valence-electron chi connectivity index (χ1n) is 5.66. The predicted molar refractivity (Wildman–Crippen MR) is 83.1 cm³/mol. The quantitative estimate of drug-likeness (QED) is 0.680. The maximum absolute atomic E-state index is 4.40. The van der Waals surface area contributed by atoms with E-state index in [0.29, 0.717) is 6.54 Å². The van der Waals surface area contributed by atoms with Gasteiger partial charge in [0.2, 0.25) is 0 Å². The van der Waals surface area contributed by atoms with E-state index in [1.807, 2.05) is 6.08 Å². The molecule has 1 aliphatic heterocycles. The largest absolute Gasteiger partial charge is 0.286 e. The number of hydrazine groups is 1. The molecule has 0 atom stereocenters. The third kappa shape index (κ3) is 3.68. The van der Waals surface area contributed by atoms with Gasteiger partial charge in [-0.15, -0.1) is 30.7 Å². The minimum atomic E-state index is 0. The SMILES string of the molecule is C=CCN=C1CCN(c2cccc(SC)c2)N1.Cl. The molecule has 5 heteroatoms. The standard InChI is InChI=1S/C13H17N3S.ClH/c1-3-8-14-13-7-9-16(15-13)11-5-4-6-12(10-11)17-2;/h3-6,10H,1,7-9H2,2H3,(H,14,15);1H. The first-order valence-corrected chi connectivity index (χ1v) is 6.88. The maximum Gasteiger partial charge on any atom is 0.117 e. The molecule has 0 bridgehead atoms. The van der Waals surface area contributed by atoms with E-state index in [1.165, 1.54) is 10.6 Å². The molecule has 0 spiro atoms. The Morgan fingerprint density at radius 3 is 3.11 bits per heavy atom. The average Bonchev–Trinajstić information content (AvgIpc) is 2.85. The van der Waals surface area contributed by atoms with Gasteiger partial charge in [0, 0.05) is 17.9 Å². The Bertz CT molecular complexity index is 434. The second-order valence-electron chi connectivity index (χ2n) is 3.79. The monoisotopic (exact) mass is 283 g/mol. The summed E-state index contributed by atoms with van der Waals surface area (Å²) in [7, 11) is 0. The van der Waals surface area contributed by atoms with Crippen molar-refractivity contribution in [3.63, 3.8) is 0 Å². The third-order valence-corrected chi connectivity index (χ3v) is 3.34. The number of rotatable bonds is 4. The lowest BCUT2D eigenvalue weighted by molar-refractivity contribution is 0.855. The van der Waals surface area contributed by atoms with Crippen LogP contribution in [0.1, 0.15) is 6.42 Å². The summed E-state index contributed by atoms with van der Waals surface area (Å²) in [5.41, 5.74) is 4.51. The van der Waals surface area contributed by atoms with Crippen LogP contribution in [0, 0.1) is 0 Å². The van der Waals surface area contributed by atoms with Crippen LogP contribution < -0.4 is 10.4 Å². The van der Waals surface area contributed by atoms with Crippen molar-refractivity contribution >= 4 is 35.7 Å². The Kier molecular flexibility index (Phi) is 6.09. The molecule has 1 aliphatic rings. The number of nitrogens with one attached hydrogen (secondary N) is 1. The molecule has 1 heterocycles. The van der Waals surface area contributed by atoms with E-state index in [1.54, 1.807) is 11.8 Å². The Morgan fingerprint density at radius 2 is 2.39 bits per heavy atom. The number of halogens is 1. The maximum atomic E-state index is 4.40. The Hall–Kier alpha value is -1.13. The fourth-order valence-electron chi connectivity index (χ4n) is 1.75. The van der Waals surface area contributed by atoms with Crippen molar-refractivity contribution in [3.8, 4) is 0 Å². The van der Waals surface area contributed by atoms with Crippen LogP contribution in [-0.2, 0) is 0 Å². The van der Waals surface area contributed by atoms with Gasteiger partial charge >= 0.3 is 0 Å². The van der Waals surface area contributed by atoms with Gasteiger partial charge in [0.25, 0.3) is 0 Å². The molecule has 1 aromatic carbocycles. The normalized spacial score (nSPS) is 16.3. The highest BCUT2D eigenvalue weighted by Gasteiger charge is 2.16. The molecule has 0 unspecified atom stereocenters. The topological polar surface area (TPSA) is 27.6 Å². The summed E-state index contributed by atoms with van der Waals surface area (Å²) in [6.45, 7) is 5.32. The summed E-state index contributed by atoms with van der Waals surface area (Å²) in [4.78, 5) is 5.68.